The number of nitrogens with one attached hydrogen (secondary N) is 1. The molecule has 1 N–H and O–H groups in total. The van der Waals surface area contributed by atoms with Gasteiger partial charge in [0.1, 0.15) is 5.82 Å². The van der Waals surface area contributed by atoms with Gasteiger partial charge in [-0.25, -0.2) is 4.39 Å². The van der Waals surface area contributed by atoms with Gasteiger partial charge in [0.2, 0.25) is 5.91 Å². The second-order valence-corrected chi connectivity index (χ2v) is 7.58. The van der Waals surface area contributed by atoms with Gasteiger partial charge in [-0.15, -0.1) is 0 Å². The Balaban J connectivity index is 1.72. The molecule has 22 heavy (non-hydrogen) atoms. The van der Waals surface area contributed by atoms with E-state index in [2.05, 4.69) is 10.2 Å². The number of benzene rings is 1. The Bertz CT molecular complexity index is 574. The molecule has 120 valence electrons. The summed E-state index contributed by atoms with van der Waals surface area (Å²) in [5, 5.41) is 3.52. The average Bonchev–Trinajstić information content (AvgIpc) is 3.13. The van der Waals surface area contributed by atoms with E-state index in [9.17, 15) is 9.18 Å². The lowest BCUT2D eigenvalue weighted by molar-refractivity contribution is -0.126. The van der Waals surface area contributed by atoms with Crippen molar-refractivity contribution < 1.29 is 9.18 Å². The molecule has 1 saturated heterocycles. The number of hydrogen-bond donors (Lipinski definition) is 1. The van der Waals surface area contributed by atoms with Crippen LogP contribution in [0, 0.1) is 5.82 Å². The Morgan fingerprint density at radius 2 is 2.05 bits per heavy atom. The summed E-state index contributed by atoms with van der Waals surface area (Å²) < 4.78 is 13.6. The number of amides is 1. The predicted octanol–water partition coefficient (Wildman–Crippen LogP) is 3.11. The second kappa shape index (κ2) is 5.50. The molecule has 1 aromatic rings. The van der Waals surface area contributed by atoms with Crippen molar-refractivity contribution >= 4 is 17.5 Å². The minimum atomic E-state index is -0.809. The van der Waals surface area contributed by atoms with E-state index in [0.29, 0.717) is 10.6 Å². The van der Waals surface area contributed by atoms with Crippen molar-refractivity contribution in [2.24, 2.45) is 0 Å². The molecule has 1 aromatic carbocycles. The van der Waals surface area contributed by atoms with E-state index in [1.165, 1.54) is 18.6 Å². The van der Waals surface area contributed by atoms with Crippen molar-refractivity contribution in [3.8, 4) is 0 Å². The van der Waals surface area contributed by atoms with Crippen LogP contribution in [-0.2, 0) is 10.2 Å². The maximum absolute atomic E-state index is 13.6. The van der Waals surface area contributed by atoms with Crippen LogP contribution in [0.5, 0.6) is 0 Å². The van der Waals surface area contributed by atoms with Gasteiger partial charge in [0.15, 0.2) is 0 Å². The van der Waals surface area contributed by atoms with Crippen LogP contribution in [-0.4, -0.2) is 36.0 Å². The number of carbonyl (C=O) groups excluding carboxylic acids is 1. The van der Waals surface area contributed by atoms with Gasteiger partial charge in [-0.3, -0.25) is 4.79 Å². The lowest BCUT2D eigenvalue weighted by Gasteiger charge is -2.36. The molecule has 0 spiro atoms. The maximum Gasteiger partial charge on any atom is 0.230 e. The highest BCUT2D eigenvalue weighted by Crippen LogP contribution is 2.38. The average molecular weight is 325 g/mol. The van der Waals surface area contributed by atoms with E-state index in [0.717, 1.165) is 32.5 Å². The quantitative estimate of drug-likeness (QED) is 0.902. The SMILES string of the molecule is CC(C)(C(=O)NC1(CN2CCC2)CC1)c1cc(F)cc(Cl)c1. The summed E-state index contributed by atoms with van der Waals surface area (Å²) in [5.74, 6) is -0.475. The predicted molar refractivity (Wildman–Crippen MR) is 85.6 cm³/mol. The van der Waals surface area contributed by atoms with Crippen LogP contribution in [0.2, 0.25) is 5.02 Å². The van der Waals surface area contributed by atoms with E-state index < -0.39 is 11.2 Å². The Morgan fingerprint density at radius 1 is 1.36 bits per heavy atom. The van der Waals surface area contributed by atoms with E-state index in [1.807, 2.05) is 13.8 Å². The Hall–Kier alpha value is -1.13. The first-order valence-electron chi connectivity index (χ1n) is 7.82. The summed E-state index contributed by atoms with van der Waals surface area (Å²) >= 11 is 5.92. The molecule has 1 aliphatic heterocycles. The third-order valence-corrected chi connectivity index (χ3v) is 5.08. The Labute approximate surface area is 135 Å². The Kier molecular flexibility index (Phi) is 3.94. The monoisotopic (exact) mass is 324 g/mol. The van der Waals surface area contributed by atoms with Crippen molar-refractivity contribution in [1.29, 1.82) is 0 Å². The third-order valence-electron chi connectivity index (χ3n) is 4.86. The lowest BCUT2D eigenvalue weighted by Crippen LogP contribution is -2.53. The van der Waals surface area contributed by atoms with Crippen molar-refractivity contribution in [1.82, 2.24) is 10.2 Å². The van der Waals surface area contributed by atoms with Crippen LogP contribution in [0.1, 0.15) is 38.7 Å². The van der Waals surface area contributed by atoms with E-state index >= 15 is 0 Å². The van der Waals surface area contributed by atoms with Gasteiger partial charge in [0.25, 0.3) is 0 Å². The molecule has 0 bridgehead atoms. The molecule has 1 saturated carbocycles. The molecule has 3 nitrogen and oxygen atoms in total. The van der Waals surface area contributed by atoms with Crippen LogP contribution in [0.15, 0.2) is 18.2 Å². The summed E-state index contributed by atoms with van der Waals surface area (Å²) in [7, 11) is 0. The summed E-state index contributed by atoms with van der Waals surface area (Å²) in [6.07, 6.45) is 3.29. The number of hydrogen-bond acceptors (Lipinski definition) is 2. The topological polar surface area (TPSA) is 32.3 Å². The van der Waals surface area contributed by atoms with Crippen LogP contribution in [0.3, 0.4) is 0 Å². The number of likely N-dealkylation sites (tertiary alicyclic amines) is 1. The van der Waals surface area contributed by atoms with Gasteiger partial charge >= 0.3 is 0 Å². The summed E-state index contributed by atoms with van der Waals surface area (Å²) in [6.45, 7) is 6.81. The molecular formula is C17H22ClFN2O. The fourth-order valence-electron chi connectivity index (χ4n) is 2.88. The summed E-state index contributed by atoms with van der Waals surface area (Å²) in [4.78, 5) is 15.1. The van der Waals surface area contributed by atoms with Gasteiger partial charge in [-0.1, -0.05) is 11.6 Å². The second-order valence-electron chi connectivity index (χ2n) is 7.15. The molecule has 0 atom stereocenters. The smallest absolute Gasteiger partial charge is 0.230 e. The van der Waals surface area contributed by atoms with Gasteiger partial charge in [-0.05, 0) is 70.0 Å². The van der Waals surface area contributed by atoms with Gasteiger partial charge in [0, 0.05) is 11.6 Å². The standard InChI is InChI=1S/C17H22ClFN2O/c1-16(2,12-8-13(18)10-14(19)9-12)15(22)20-17(4-5-17)11-21-6-3-7-21/h8-10H,3-7,11H2,1-2H3,(H,20,22). The molecular weight excluding hydrogens is 303 g/mol. The zero-order valence-electron chi connectivity index (χ0n) is 13.1. The summed E-state index contributed by atoms with van der Waals surface area (Å²) in [5.41, 5.74) is -0.280. The van der Waals surface area contributed by atoms with E-state index in [-0.39, 0.29) is 11.4 Å². The first-order valence-corrected chi connectivity index (χ1v) is 8.20. The fourth-order valence-corrected chi connectivity index (χ4v) is 3.11. The minimum absolute atomic E-state index is 0.0628. The first-order chi connectivity index (χ1) is 10.3. The molecule has 1 amide bonds. The van der Waals surface area contributed by atoms with Gasteiger partial charge in [0.05, 0.1) is 11.0 Å². The van der Waals surface area contributed by atoms with Crippen LogP contribution in [0.25, 0.3) is 0 Å². The number of rotatable bonds is 5. The molecule has 2 fully saturated rings. The van der Waals surface area contributed by atoms with Gasteiger partial charge in [-0.2, -0.15) is 0 Å². The fraction of sp³-hybridized carbons (Fsp3) is 0.588. The first kappa shape index (κ1) is 15.8. The van der Waals surface area contributed by atoms with E-state index in [1.54, 1.807) is 6.07 Å². The molecule has 0 radical (unpaired) electrons. The minimum Gasteiger partial charge on any atom is -0.349 e. The van der Waals surface area contributed by atoms with Gasteiger partial charge < -0.3 is 10.2 Å². The number of carbonyl (C=O) groups is 1. The normalized spacial score (nSPS) is 20.4. The zero-order valence-corrected chi connectivity index (χ0v) is 13.8. The van der Waals surface area contributed by atoms with Crippen LogP contribution < -0.4 is 5.32 Å². The van der Waals surface area contributed by atoms with Crippen molar-refractivity contribution in [2.75, 3.05) is 19.6 Å². The highest BCUT2D eigenvalue weighted by atomic mass is 35.5. The molecule has 0 unspecified atom stereocenters. The molecule has 1 heterocycles. The summed E-state index contributed by atoms with van der Waals surface area (Å²) in [6, 6.07) is 4.31. The third kappa shape index (κ3) is 3.13. The largest absolute Gasteiger partial charge is 0.349 e. The van der Waals surface area contributed by atoms with Crippen molar-refractivity contribution in [2.45, 2.75) is 44.1 Å². The van der Waals surface area contributed by atoms with Crippen LogP contribution in [0.4, 0.5) is 4.39 Å². The highest BCUT2D eigenvalue weighted by molar-refractivity contribution is 6.30. The van der Waals surface area contributed by atoms with Crippen molar-refractivity contribution in [3.63, 3.8) is 0 Å². The number of halogens is 2. The molecule has 1 aliphatic carbocycles. The number of nitrogens with zero attached hydrogens (tertiary/aromatic N) is 1. The zero-order chi connectivity index (χ0) is 16.0. The lowest BCUT2D eigenvalue weighted by atomic mass is 9.83. The molecule has 0 aromatic heterocycles. The molecule has 2 aliphatic rings. The van der Waals surface area contributed by atoms with E-state index in [4.69, 9.17) is 11.6 Å². The molecule has 5 heteroatoms. The highest BCUT2D eigenvalue weighted by Gasteiger charge is 2.48. The Morgan fingerprint density at radius 3 is 2.55 bits per heavy atom. The van der Waals surface area contributed by atoms with Crippen LogP contribution >= 0.6 is 11.6 Å². The van der Waals surface area contributed by atoms with Crippen molar-refractivity contribution in [3.05, 3.63) is 34.6 Å². The maximum atomic E-state index is 13.6. The molecule has 3 rings (SSSR count).